The van der Waals surface area contributed by atoms with Crippen molar-refractivity contribution in [1.82, 2.24) is 14.8 Å². The smallest absolute Gasteiger partial charge is 0.235 e. The van der Waals surface area contributed by atoms with Gasteiger partial charge in [0.2, 0.25) is 5.91 Å². The fourth-order valence-electron chi connectivity index (χ4n) is 4.56. The van der Waals surface area contributed by atoms with Crippen LogP contribution in [0.3, 0.4) is 0 Å². The van der Waals surface area contributed by atoms with E-state index in [0.717, 1.165) is 52.5 Å². The number of amides is 1. The van der Waals surface area contributed by atoms with E-state index in [0.29, 0.717) is 27.1 Å². The molecule has 4 aromatic rings. The van der Waals surface area contributed by atoms with Crippen molar-refractivity contribution in [3.05, 3.63) is 68.0 Å². The Morgan fingerprint density at radius 3 is 2.81 bits per heavy atom. The van der Waals surface area contributed by atoms with Crippen LogP contribution in [-0.4, -0.2) is 31.5 Å². The number of hydrogen-bond donors (Lipinski definition) is 2. The highest BCUT2D eigenvalue weighted by Gasteiger charge is 2.24. The van der Waals surface area contributed by atoms with Crippen molar-refractivity contribution in [1.29, 1.82) is 5.26 Å². The van der Waals surface area contributed by atoms with Gasteiger partial charge in [-0.25, -0.2) is 0 Å². The zero-order chi connectivity index (χ0) is 26.1. The number of fused-ring (bicyclic) bond motifs is 1. The number of nitrogens with one attached hydrogen (secondary N) is 1. The topological polar surface area (TPSA) is 104 Å². The van der Waals surface area contributed by atoms with E-state index in [2.05, 4.69) is 43.6 Å². The number of aromatic hydroxyl groups is 1. The van der Waals surface area contributed by atoms with Gasteiger partial charge in [0, 0.05) is 9.35 Å². The highest BCUT2D eigenvalue weighted by atomic mass is 79.9. The number of hydrogen-bond acceptors (Lipinski definition) is 7. The van der Waals surface area contributed by atoms with E-state index in [1.54, 1.807) is 18.2 Å². The third-order valence-corrected chi connectivity index (χ3v) is 8.92. The second-order valence-corrected chi connectivity index (χ2v) is 11.9. The number of benzene rings is 2. The van der Waals surface area contributed by atoms with Gasteiger partial charge in [0.1, 0.15) is 16.8 Å². The molecule has 2 aromatic heterocycles. The van der Waals surface area contributed by atoms with E-state index in [1.165, 1.54) is 28.0 Å². The number of aryl methyl sites for hydroxylation is 3. The second-order valence-electron chi connectivity index (χ2n) is 8.96. The molecular weight excluding hydrogens is 570 g/mol. The minimum atomic E-state index is -0.206. The van der Waals surface area contributed by atoms with Crippen molar-refractivity contribution >= 4 is 49.9 Å². The predicted molar refractivity (Wildman–Crippen MR) is 151 cm³/mol. The van der Waals surface area contributed by atoms with Crippen LogP contribution in [-0.2, 0) is 17.6 Å². The summed E-state index contributed by atoms with van der Waals surface area (Å²) in [5.74, 6) is 0.455. The largest absolute Gasteiger partial charge is 0.507 e. The number of phenolic OH excluding ortho intramolecular Hbond substituents is 1. The number of halogens is 1. The zero-order valence-electron chi connectivity index (χ0n) is 20.3. The predicted octanol–water partition coefficient (Wildman–Crippen LogP) is 6.56. The quantitative estimate of drug-likeness (QED) is 0.245. The van der Waals surface area contributed by atoms with E-state index >= 15 is 0 Å². The Balaban J connectivity index is 1.45. The molecule has 1 amide bonds. The van der Waals surface area contributed by atoms with E-state index in [1.807, 2.05) is 30.5 Å². The lowest BCUT2D eigenvalue weighted by atomic mass is 9.96. The molecule has 0 saturated carbocycles. The van der Waals surface area contributed by atoms with Crippen LogP contribution in [0.5, 0.6) is 5.75 Å². The fourth-order valence-corrected chi connectivity index (χ4v) is 6.93. The number of carbonyl (C=O) groups is 1. The summed E-state index contributed by atoms with van der Waals surface area (Å²) in [6.07, 6.45) is 4.05. The number of rotatable bonds is 6. The summed E-state index contributed by atoms with van der Waals surface area (Å²) in [7, 11) is 0. The van der Waals surface area contributed by atoms with Crippen LogP contribution >= 0.6 is 39.0 Å². The third-order valence-electron chi connectivity index (χ3n) is 6.29. The molecule has 0 unspecified atom stereocenters. The van der Waals surface area contributed by atoms with Gasteiger partial charge in [0.05, 0.1) is 22.6 Å². The van der Waals surface area contributed by atoms with Gasteiger partial charge < -0.3 is 10.4 Å². The normalized spacial score (nSPS) is 12.7. The van der Waals surface area contributed by atoms with Crippen LogP contribution in [0.25, 0.3) is 17.1 Å². The van der Waals surface area contributed by atoms with E-state index in [-0.39, 0.29) is 17.4 Å². The average Bonchev–Trinajstić information content (AvgIpc) is 3.45. The highest BCUT2D eigenvalue weighted by molar-refractivity contribution is 9.10. The molecule has 0 aliphatic heterocycles. The molecule has 0 radical (unpaired) electrons. The van der Waals surface area contributed by atoms with Crippen molar-refractivity contribution in [2.75, 3.05) is 11.1 Å². The van der Waals surface area contributed by atoms with Gasteiger partial charge in [-0.05, 0) is 74.9 Å². The lowest BCUT2D eigenvalue weighted by molar-refractivity contribution is -0.113. The van der Waals surface area contributed by atoms with Crippen LogP contribution in [0.1, 0.15) is 40.0 Å². The number of phenols is 1. The molecule has 0 saturated heterocycles. The van der Waals surface area contributed by atoms with Crippen LogP contribution < -0.4 is 5.32 Å². The lowest BCUT2D eigenvalue weighted by Crippen LogP contribution is -2.14. The maximum Gasteiger partial charge on any atom is 0.235 e. The molecule has 0 fully saturated rings. The first-order chi connectivity index (χ1) is 17.9. The van der Waals surface area contributed by atoms with E-state index in [4.69, 9.17) is 0 Å². The number of nitriles is 1. The van der Waals surface area contributed by atoms with Gasteiger partial charge in [-0.1, -0.05) is 45.4 Å². The number of thioether (sulfide) groups is 1. The van der Waals surface area contributed by atoms with Crippen LogP contribution in [0.15, 0.2) is 46.0 Å². The van der Waals surface area contributed by atoms with Gasteiger partial charge in [0.15, 0.2) is 11.0 Å². The molecule has 10 heteroatoms. The Labute approximate surface area is 231 Å². The first-order valence-corrected chi connectivity index (χ1v) is 14.4. The first-order valence-electron chi connectivity index (χ1n) is 11.8. The molecule has 1 aliphatic carbocycles. The van der Waals surface area contributed by atoms with Crippen molar-refractivity contribution in [3.63, 3.8) is 0 Å². The lowest BCUT2D eigenvalue weighted by Gasteiger charge is -2.14. The summed E-state index contributed by atoms with van der Waals surface area (Å²) >= 11 is 6.25. The second kappa shape index (κ2) is 10.7. The van der Waals surface area contributed by atoms with Gasteiger partial charge in [-0.15, -0.1) is 21.5 Å². The molecule has 7 nitrogen and oxygen atoms in total. The van der Waals surface area contributed by atoms with E-state index < -0.39 is 0 Å². The number of carbonyl (C=O) groups excluding carboxylic acids is 1. The number of nitrogens with zero attached hydrogens (tertiary/aromatic N) is 4. The third kappa shape index (κ3) is 5.17. The Morgan fingerprint density at radius 2 is 2.03 bits per heavy atom. The molecule has 0 bridgehead atoms. The van der Waals surface area contributed by atoms with Gasteiger partial charge in [-0.3, -0.25) is 9.36 Å². The SMILES string of the molecule is Cc1ccc(-n2c(SCC(=O)Nc3sc4c(c3C#N)CCCC4)nnc2-c2cc(Br)ccc2O)c(C)c1. The minimum Gasteiger partial charge on any atom is -0.507 e. The van der Waals surface area contributed by atoms with Gasteiger partial charge >= 0.3 is 0 Å². The number of aromatic nitrogens is 3. The molecule has 0 spiro atoms. The monoisotopic (exact) mass is 593 g/mol. The van der Waals surface area contributed by atoms with Gasteiger partial charge in [-0.2, -0.15) is 5.26 Å². The summed E-state index contributed by atoms with van der Waals surface area (Å²) in [5, 5.41) is 33.2. The molecule has 188 valence electrons. The Kier molecular flexibility index (Phi) is 7.38. The molecule has 2 N–H and O–H groups in total. The maximum atomic E-state index is 13.0. The summed E-state index contributed by atoms with van der Waals surface area (Å²) in [6.45, 7) is 4.04. The fraction of sp³-hybridized carbons (Fsp3) is 0.259. The molecular formula is C27H24BrN5O2S2. The van der Waals surface area contributed by atoms with Crippen molar-refractivity contribution in [2.24, 2.45) is 0 Å². The first kappa shape index (κ1) is 25.5. The summed E-state index contributed by atoms with van der Waals surface area (Å²) in [6, 6.07) is 13.5. The van der Waals surface area contributed by atoms with Crippen LogP contribution in [0.2, 0.25) is 0 Å². The zero-order valence-corrected chi connectivity index (χ0v) is 23.6. The molecule has 2 heterocycles. The van der Waals surface area contributed by atoms with Crippen molar-refractivity contribution < 1.29 is 9.90 Å². The molecule has 2 aromatic carbocycles. The van der Waals surface area contributed by atoms with E-state index in [9.17, 15) is 15.2 Å². The van der Waals surface area contributed by atoms with Crippen molar-refractivity contribution in [2.45, 2.75) is 44.7 Å². The van der Waals surface area contributed by atoms with Crippen molar-refractivity contribution in [3.8, 4) is 28.9 Å². The number of thiophene rings is 1. The summed E-state index contributed by atoms with van der Waals surface area (Å²) < 4.78 is 2.68. The Bertz CT molecular complexity index is 1550. The Morgan fingerprint density at radius 1 is 1.22 bits per heavy atom. The Hall–Kier alpha value is -3.13. The number of anilines is 1. The molecule has 0 atom stereocenters. The summed E-state index contributed by atoms with van der Waals surface area (Å²) in [5.41, 5.74) is 5.23. The minimum absolute atomic E-state index is 0.0848. The maximum absolute atomic E-state index is 13.0. The summed E-state index contributed by atoms with van der Waals surface area (Å²) in [4.78, 5) is 14.2. The van der Waals surface area contributed by atoms with Gasteiger partial charge in [0.25, 0.3) is 0 Å². The highest BCUT2D eigenvalue weighted by Crippen LogP contribution is 2.38. The van der Waals surface area contributed by atoms with Crippen LogP contribution in [0.4, 0.5) is 5.00 Å². The molecule has 5 rings (SSSR count). The standard InChI is InChI=1S/C27H24BrN5O2S2/c1-15-7-9-21(16(2)11-15)33-25(19-12-17(28)8-10-22(19)34)31-32-27(33)36-14-24(35)30-26-20(13-29)18-5-3-4-6-23(18)37-26/h7-12,34H,3-6,14H2,1-2H3,(H,30,35). The molecule has 1 aliphatic rings. The van der Waals surface area contributed by atoms with Crippen LogP contribution in [0, 0.1) is 25.2 Å². The average molecular weight is 595 g/mol. The molecule has 37 heavy (non-hydrogen) atoms.